The zero-order chi connectivity index (χ0) is 23.1. The number of aromatic nitrogens is 4. The fourth-order valence-corrected chi connectivity index (χ4v) is 4.76. The number of carboxylic acid groups (broad SMARTS) is 1. The average molecular weight is 444 g/mol. The van der Waals surface area contributed by atoms with Crippen molar-refractivity contribution in [1.29, 1.82) is 0 Å². The van der Waals surface area contributed by atoms with E-state index in [4.69, 9.17) is 10.7 Å². The van der Waals surface area contributed by atoms with Gasteiger partial charge in [-0.3, -0.25) is 19.6 Å². The number of ketones is 1. The van der Waals surface area contributed by atoms with Crippen molar-refractivity contribution in [2.24, 2.45) is 10.9 Å². The number of pyridine rings is 1. The van der Waals surface area contributed by atoms with Gasteiger partial charge in [-0.15, -0.1) is 0 Å². The van der Waals surface area contributed by atoms with Crippen LogP contribution < -0.4 is 5.73 Å². The van der Waals surface area contributed by atoms with Crippen molar-refractivity contribution in [2.75, 3.05) is 5.73 Å². The van der Waals surface area contributed by atoms with Crippen LogP contribution >= 0.6 is 0 Å². The Morgan fingerprint density at radius 2 is 1.94 bits per heavy atom. The van der Waals surface area contributed by atoms with Gasteiger partial charge in [-0.05, 0) is 38.7 Å². The van der Waals surface area contributed by atoms with E-state index in [9.17, 15) is 14.7 Å². The van der Waals surface area contributed by atoms with Crippen molar-refractivity contribution in [3.63, 3.8) is 0 Å². The first kappa shape index (κ1) is 21.0. The third-order valence-corrected chi connectivity index (χ3v) is 6.54. The largest absolute Gasteiger partial charge is 0.481 e. The van der Waals surface area contributed by atoms with Crippen LogP contribution in [0.5, 0.6) is 0 Å². The highest BCUT2D eigenvalue weighted by molar-refractivity contribution is 6.02. The number of fused-ring (bicyclic) bond motifs is 1. The summed E-state index contributed by atoms with van der Waals surface area (Å²) in [5.41, 5.74) is 11.3. The Hall–Kier alpha value is -3.88. The zero-order valence-corrected chi connectivity index (χ0v) is 18.2. The van der Waals surface area contributed by atoms with Crippen LogP contribution in [-0.2, 0) is 4.79 Å². The maximum atomic E-state index is 12.5. The minimum Gasteiger partial charge on any atom is -0.481 e. The van der Waals surface area contributed by atoms with Gasteiger partial charge in [0.2, 0.25) is 0 Å². The van der Waals surface area contributed by atoms with E-state index in [1.807, 2.05) is 18.2 Å². The Morgan fingerprint density at radius 3 is 2.55 bits per heavy atom. The van der Waals surface area contributed by atoms with Gasteiger partial charge in [-0.1, -0.05) is 12.1 Å². The summed E-state index contributed by atoms with van der Waals surface area (Å²) < 4.78 is 1.50. The van der Waals surface area contributed by atoms with Crippen LogP contribution in [0, 0.1) is 5.92 Å². The van der Waals surface area contributed by atoms with Crippen molar-refractivity contribution in [2.45, 2.75) is 44.9 Å². The normalized spacial score (nSPS) is 20.2. The topological polar surface area (TPSA) is 136 Å². The summed E-state index contributed by atoms with van der Waals surface area (Å²) in [4.78, 5) is 37.6. The van der Waals surface area contributed by atoms with Gasteiger partial charge in [0.05, 0.1) is 34.8 Å². The molecule has 1 saturated carbocycles. The summed E-state index contributed by atoms with van der Waals surface area (Å²) in [7, 11) is 0. The molecule has 1 fully saturated rings. The summed E-state index contributed by atoms with van der Waals surface area (Å²) in [6.45, 7) is 1.47. The van der Waals surface area contributed by atoms with Crippen molar-refractivity contribution in [3.05, 3.63) is 53.8 Å². The molecule has 2 aliphatic rings. The van der Waals surface area contributed by atoms with Crippen LogP contribution in [0.1, 0.15) is 66.7 Å². The number of aliphatic carboxylic acids is 1. The third-order valence-electron chi connectivity index (χ3n) is 6.54. The van der Waals surface area contributed by atoms with Crippen molar-refractivity contribution in [1.82, 2.24) is 19.6 Å². The number of nitrogens with two attached hydrogens (primary N) is 1. The summed E-state index contributed by atoms with van der Waals surface area (Å²) >= 11 is 0. The van der Waals surface area contributed by atoms with E-state index in [0.717, 1.165) is 29.0 Å². The van der Waals surface area contributed by atoms with E-state index in [0.29, 0.717) is 42.6 Å². The number of hydrogen-bond acceptors (Lipinski definition) is 7. The van der Waals surface area contributed by atoms with Crippen LogP contribution in [0.2, 0.25) is 0 Å². The maximum Gasteiger partial charge on any atom is 0.306 e. The molecule has 5 rings (SSSR count). The summed E-state index contributed by atoms with van der Waals surface area (Å²) in [5.74, 6) is -1.06. The lowest BCUT2D eigenvalue weighted by molar-refractivity contribution is -0.142. The number of carbonyl (C=O) groups is 2. The number of aliphatic imine (C=N–C) groups is 1. The predicted molar refractivity (Wildman–Crippen MR) is 123 cm³/mol. The fourth-order valence-electron chi connectivity index (χ4n) is 4.76. The van der Waals surface area contributed by atoms with Crippen LogP contribution in [0.3, 0.4) is 0 Å². The quantitative estimate of drug-likeness (QED) is 0.573. The Labute approximate surface area is 190 Å². The van der Waals surface area contributed by atoms with Gasteiger partial charge in [0, 0.05) is 35.9 Å². The van der Waals surface area contributed by atoms with Crippen molar-refractivity contribution < 1.29 is 14.7 Å². The Bertz CT molecular complexity index is 1310. The molecule has 0 amide bonds. The molecule has 0 radical (unpaired) electrons. The number of rotatable bonds is 5. The molecule has 0 aromatic carbocycles. The lowest BCUT2D eigenvalue weighted by Crippen LogP contribution is -2.23. The molecule has 9 nitrogen and oxygen atoms in total. The summed E-state index contributed by atoms with van der Waals surface area (Å²) in [6, 6.07) is 3.88. The molecule has 0 bridgehead atoms. The van der Waals surface area contributed by atoms with Gasteiger partial charge in [-0.25, -0.2) is 4.98 Å². The molecule has 3 aromatic rings. The number of allylic oxidation sites excluding steroid dienone is 1. The molecule has 0 atom stereocenters. The molecule has 168 valence electrons. The van der Waals surface area contributed by atoms with Gasteiger partial charge in [0.25, 0.3) is 0 Å². The second-order valence-electron chi connectivity index (χ2n) is 8.59. The van der Waals surface area contributed by atoms with E-state index < -0.39 is 5.97 Å². The van der Waals surface area contributed by atoms with Crippen LogP contribution in [0.25, 0.3) is 16.8 Å². The third kappa shape index (κ3) is 3.69. The Balaban J connectivity index is 1.56. The molecule has 9 heteroatoms. The zero-order valence-electron chi connectivity index (χ0n) is 18.2. The van der Waals surface area contributed by atoms with Gasteiger partial charge >= 0.3 is 5.97 Å². The molecular formula is C24H24N6O3. The molecule has 4 heterocycles. The van der Waals surface area contributed by atoms with Crippen LogP contribution in [0.4, 0.5) is 5.82 Å². The SMILES string of the molecule is CC(=O)c1c(N)n2ncc(-c3ccc(C4=NC=CC4)nc3)c2nc1[C@H]1CC[C@H](C(=O)O)CC1. The highest BCUT2D eigenvalue weighted by Gasteiger charge is 2.31. The van der Waals surface area contributed by atoms with Crippen LogP contribution in [-0.4, -0.2) is 42.2 Å². The number of nitrogen functional groups attached to an aromatic ring is 1. The monoisotopic (exact) mass is 444 g/mol. The first-order valence-corrected chi connectivity index (χ1v) is 11.0. The minimum absolute atomic E-state index is 0.0251. The molecule has 1 aliphatic carbocycles. The van der Waals surface area contributed by atoms with Gasteiger partial charge < -0.3 is 10.8 Å². The summed E-state index contributed by atoms with van der Waals surface area (Å²) in [5, 5.41) is 13.7. The van der Waals surface area contributed by atoms with Crippen molar-refractivity contribution >= 4 is 28.9 Å². The number of anilines is 1. The van der Waals surface area contributed by atoms with Crippen LogP contribution in [0.15, 0.2) is 41.8 Å². The minimum atomic E-state index is -0.767. The standard InChI is InChI=1S/C24H24N6O3/c1-13(31)20-21(14-4-6-15(7-5-14)24(32)33)29-23-17(12-28-30(23)22(20)25)16-8-9-19(27-11-16)18-3-2-10-26-18/h2,8-12,14-15H,3-7,25H2,1H3,(H,32,33)/t14-,15-. The van der Waals surface area contributed by atoms with E-state index in [1.54, 1.807) is 18.6 Å². The molecular weight excluding hydrogens is 420 g/mol. The Kier molecular flexibility index (Phi) is 5.24. The number of carbonyl (C=O) groups excluding carboxylic acids is 1. The van der Waals surface area contributed by atoms with E-state index in [-0.39, 0.29) is 23.4 Å². The Morgan fingerprint density at radius 1 is 1.15 bits per heavy atom. The number of Topliss-reactive ketones (excluding diaryl/α,β-unsaturated/α-hetero) is 1. The lowest BCUT2D eigenvalue weighted by Gasteiger charge is -2.27. The molecule has 3 aromatic heterocycles. The van der Waals surface area contributed by atoms with Crippen molar-refractivity contribution in [3.8, 4) is 11.1 Å². The number of hydrogen-bond donors (Lipinski definition) is 2. The van der Waals surface area contributed by atoms with Gasteiger partial charge in [0.1, 0.15) is 5.82 Å². The molecule has 33 heavy (non-hydrogen) atoms. The second-order valence-corrected chi connectivity index (χ2v) is 8.59. The first-order chi connectivity index (χ1) is 15.9. The van der Waals surface area contributed by atoms with E-state index in [2.05, 4.69) is 15.1 Å². The number of carboxylic acids is 1. The molecule has 3 N–H and O–H groups in total. The molecule has 0 spiro atoms. The highest BCUT2D eigenvalue weighted by Crippen LogP contribution is 2.39. The first-order valence-electron chi connectivity index (χ1n) is 11.0. The lowest BCUT2D eigenvalue weighted by atomic mass is 9.79. The smallest absolute Gasteiger partial charge is 0.306 e. The average Bonchev–Trinajstić information content (AvgIpc) is 3.49. The van der Waals surface area contributed by atoms with Gasteiger partial charge in [-0.2, -0.15) is 9.61 Å². The molecule has 0 unspecified atom stereocenters. The van der Waals surface area contributed by atoms with E-state index >= 15 is 0 Å². The van der Waals surface area contributed by atoms with E-state index in [1.165, 1.54) is 11.4 Å². The van der Waals surface area contributed by atoms with Gasteiger partial charge in [0.15, 0.2) is 11.4 Å². The number of nitrogens with zero attached hydrogens (tertiary/aromatic N) is 5. The fraction of sp³-hybridized carbons (Fsp3) is 0.333. The predicted octanol–water partition coefficient (Wildman–Crippen LogP) is 3.64. The maximum absolute atomic E-state index is 12.5. The highest BCUT2D eigenvalue weighted by atomic mass is 16.4. The summed E-state index contributed by atoms with van der Waals surface area (Å²) in [6.07, 6.45) is 10.4. The second kappa shape index (κ2) is 8.23. The molecule has 0 saturated heterocycles. The molecule has 1 aliphatic heterocycles.